The van der Waals surface area contributed by atoms with E-state index in [0.29, 0.717) is 6.54 Å². The van der Waals surface area contributed by atoms with Crippen LogP contribution in [0.5, 0.6) is 5.75 Å². The number of aliphatic imine (C=N–C) groups is 1. The summed E-state index contributed by atoms with van der Waals surface area (Å²) in [5, 5.41) is 0. The molecule has 0 aliphatic carbocycles. The first-order chi connectivity index (χ1) is 12.7. The van der Waals surface area contributed by atoms with Crippen LogP contribution < -0.4 is 4.74 Å². The lowest BCUT2D eigenvalue weighted by atomic mass is 10.1. The largest absolute Gasteiger partial charge is 0.497 e. The predicted octanol–water partition coefficient (Wildman–Crippen LogP) is 5.04. The van der Waals surface area contributed by atoms with Gasteiger partial charge in [-0.25, -0.2) is 0 Å². The normalized spacial score (nSPS) is 10.8. The molecular weight excluding hydrogens is 318 g/mol. The fraction of sp³-hybridized carbons (Fsp3) is 0.125. The number of hydrogen-bond acceptors (Lipinski definition) is 2. The Hall–Kier alpha value is -3.31. The Kier molecular flexibility index (Phi) is 5.85. The third kappa shape index (κ3) is 4.84. The van der Waals surface area contributed by atoms with E-state index in [1.54, 1.807) is 7.11 Å². The van der Waals surface area contributed by atoms with Crippen LogP contribution in [-0.2, 0) is 6.54 Å². The van der Waals surface area contributed by atoms with Gasteiger partial charge >= 0.3 is 0 Å². The topological polar surface area (TPSA) is 21.6 Å². The zero-order valence-electron chi connectivity index (χ0n) is 15.1. The molecule has 0 aliphatic rings. The summed E-state index contributed by atoms with van der Waals surface area (Å²) >= 11 is 0. The smallest absolute Gasteiger partial charge is 0.118 e. The van der Waals surface area contributed by atoms with Crippen molar-refractivity contribution in [1.82, 2.24) is 0 Å². The first-order valence-corrected chi connectivity index (χ1v) is 8.56. The van der Waals surface area contributed by atoms with Gasteiger partial charge in [0.2, 0.25) is 0 Å². The van der Waals surface area contributed by atoms with E-state index < -0.39 is 0 Å². The zero-order valence-corrected chi connectivity index (χ0v) is 15.1. The van der Waals surface area contributed by atoms with Crippen molar-refractivity contribution in [3.05, 3.63) is 101 Å². The third-order valence-electron chi connectivity index (χ3n) is 4.00. The molecule has 3 aromatic carbocycles. The van der Waals surface area contributed by atoms with Gasteiger partial charge in [-0.05, 0) is 54.8 Å². The Bertz CT molecular complexity index is 928. The highest BCUT2D eigenvalue weighted by Gasteiger charge is 2.02. The Labute approximate surface area is 155 Å². The van der Waals surface area contributed by atoms with Crippen molar-refractivity contribution in [2.75, 3.05) is 7.11 Å². The van der Waals surface area contributed by atoms with Crippen LogP contribution in [-0.4, -0.2) is 12.8 Å². The molecule has 0 saturated carbocycles. The van der Waals surface area contributed by atoms with Gasteiger partial charge in [-0.1, -0.05) is 53.9 Å². The standard InChI is InChI=1S/C24H21NO/c1-19-8-10-21(11-9-19)18-25-24(17-12-20-6-4-3-5-7-20)22-13-15-23(26-2)16-14-22/h3-11,13-16H,18H2,1-2H3. The molecule has 2 heteroatoms. The fourth-order valence-corrected chi connectivity index (χ4v) is 2.47. The Balaban J connectivity index is 1.90. The summed E-state index contributed by atoms with van der Waals surface area (Å²) in [5.41, 5.74) is 5.16. The quantitative estimate of drug-likeness (QED) is 0.482. The molecule has 3 rings (SSSR count). The Morgan fingerprint density at radius 3 is 2.23 bits per heavy atom. The molecule has 26 heavy (non-hydrogen) atoms. The molecule has 2 nitrogen and oxygen atoms in total. The van der Waals surface area contributed by atoms with Crippen molar-refractivity contribution >= 4 is 5.71 Å². The van der Waals surface area contributed by atoms with Crippen LogP contribution in [0.15, 0.2) is 83.9 Å². The minimum atomic E-state index is 0.602. The molecule has 0 fully saturated rings. The first-order valence-electron chi connectivity index (χ1n) is 8.56. The van der Waals surface area contributed by atoms with Crippen molar-refractivity contribution in [2.45, 2.75) is 13.5 Å². The average molecular weight is 339 g/mol. The van der Waals surface area contributed by atoms with Gasteiger partial charge in [0, 0.05) is 11.1 Å². The van der Waals surface area contributed by atoms with Gasteiger partial charge < -0.3 is 4.74 Å². The lowest BCUT2D eigenvalue weighted by Gasteiger charge is -2.04. The summed E-state index contributed by atoms with van der Waals surface area (Å²) in [6.45, 7) is 2.69. The monoisotopic (exact) mass is 339 g/mol. The van der Waals surface area contributed by atoms with Crippen molar-refractivity contribution in [3.8, 4) is 17.6 Å². The van der Waals surface area contributed by atoms with Crippen LogP contribution in [0.1, 0.15) is 22.3 Å². The second kappa shape index (κ2) is 8.69. The minimum absolute atomic E-state index is 0.602. The van der Waals surface area contributed by atoms with E-state index >= 15 is 0 Å². The Morgan fingerprint density at radius 1 is 0.885 bits per heavy atom. The molecule has 0 atom stereocenters. The molecule has 0 aliphatic heterocycles. The summed E-state index contributed by atoms with van der Waals surface area (Å²) in [7, 11) is 1.66. The summed E-state index contributed by atoms with van der Waals surface area (Å²) in [6, 6.07) is 26.2. The van der Waals surface area contributed by atoms with Gasteiger partial charge in [-0.15, -0.1) is 0 Å². The van der Waals surface area contributed by atoms with E-state index in [1.165, 1.54) is 11.1 Å². The van der Waals surface area contributed by atoms with Gasteiger partial charge in [0.15, 0.2) is 0 Å². The highest BCUT2D eigenvalue weighted by atomic mass is 16.5. The van der Waals surface area contributed by atoms with Crippen molar-refractivity contribution in [3.63, 3.8) is 0 Å². The molecule has 0 saturated heterocycles. The number of nitrogens with zero attached hydrogens (tertiary/aromatic N) is 1. The molecule has 0 amide bonds. The summed E-state index contributed by atoms with van der Waals surface area (Å²) in [6.07, 6.45) is 0. The Morgan fingerprint density at radius 2 is 1.58 bits per heavy atom. The number of aryl methyl sites for hydroxylation is 1. The third-order valence-corrected chi connectivity index (χ3v) is 4.00. The maximum Gasteiger partial charge on any atom is 0.118 e. The maximum atomic E-state index is 5.24. The van der Waals surface area contributed by atoms with Gasteiger partial charge in [0.1, 0.15) is 11.5 Å². The first kappa shape index (κ1) is 17.5. The van der Waals surface area contributed by atoms with Crippen LogP contribution in [0.3, 0.4) is 0 Å². The van der Waals surface area contributed by atoms with Gasteiger partial charge in [0.25, 0.3) is 0 Å². The van der Waals surface area contributed by atoms with E-state index in [4.69, 9.17) is 9.73 Å². The summed E-state index contributed by atoms with van der Waals surface area (Å²) in [5.74, 6) is 7.26. The highest BCUT2D eigenvalue weighted by Crippen LogP contribution is 2.13. The predicted molar refractivity (Wildman–Crippen MR) is 108 cm³/mol. The van der Waals surface area contributed by atoms with E-state index in [9.17, 15) is 0 Å². The molecular formula is C24H21NO. The zero-order chi connectivity index (χ0) is 18.2. The summed E-state index contributed by atoms with van der Waals surface area (Å²) < 4.78 is 5.24. The molecule has 0 radical (unpaired) electrons. The number of hydrogen-bond donors (Lipinski definition) is 0. The fourth-order valence-electron chi connectivity index (χ4n) is 2.47. The molecule has 0 N–H and O–H groups in total. The lowest BCUT2D eigenvalue weighted by molar-refractivity contribution is 0.415. The van der Waals surface area contributed by atoms with Crippen molar-refractivity contribution in [2.24, 2.45) is 4.99 Å². The van der Waals surface area contributed by atoms with E-state index in [0.717, 1.165) is 22.6 Å². The van der Waals surface area contributed by atoms with Gasteiger partial charge in [-0.3, -0.25) is 4.99 Å². The van der Waals surface area contributed by atoms with Crippen LogP contribution in [0, 0.1) is 18.8 Å². The van der Waals surface area contributed by atoms with Crippen LogP contribution in [0.25, 0.3) is 0 Å². The summed E-state index contributed by atoms with van der Waals surface area (Å²) in [4.78, 5) is 4.77. The molecule has 3 aromatic rings. The van der Waals surface area contributed by atoms with Crippen molar-refractivity contribution in [1.29, 1.82) is 0 Å². The molecule has 128 valence electrons. The van der Waals surface area contributed by atoms with Gasteiger partial charge in [-0.2, -0.15) is 0 Å². The lowest BCUT2D eigenvalue weighted by Crippen LogP contribution is -1.99. The highest BCUT2D eigenvalue weighted by molar-refractivity contribution is 6.13. The minimum Gasteiger partial charge on any atom is -0.497 e. The van der Waals surface area contributed by atoms with Gasteiger partial charge in [0.05, 0.1) is 13.7 Å². The molecule has 0 aromatic heterocycles. The van der Waals surface area contributed by atoms with E-state index in [2.05, 4.69) is 43.0 Å². The van der Waals surface area contributed by atoms with Crippen LogP contribution in [0.2, 0.25) is 0 Å². The SMILES string of the molecule is COc1ccc(C(C#Cc2ccccc2)=NCc2ccc(C)cc2)cc1. The van der Waals surface area contributed by atoms with Crippen LogP contribution >= 0.6 is 0 Å². The molecule has 0 spiro atoms. The maximum absolute atomic E-state index is 5.24. The average Bonchev–Trinajstić information content (AvgIpc) is 2.70. The van der Waals surface area contributed by atoms with E-state index in [-0.39, 0.29) is 0 Å². The number of benzene rings is 3. The molecule has 0 unspecified atom stereocenters. The number of rotatable bonds is 4. The number of methoxy groups -OCH3 is 1. The second-order valence-corrected chi connectivity index (χ2v) is 5.99. The van der Waals surface area contributed by atoms with Crippen LogP contribution in [0.4, 0.5) is 0 Å². The second-order valence-electron chi connectivity index (χ2n) is 5.99. The molecule has 0 bridgehead atoms. The molecule has 0 heterocycles. The number of ether oxygens (including phenoxy) is 1. The van der Waals surface area contributed by atoms with E-state index in [1.807, 2.05) is 54.6 Å². The van der Waals surface area contributed by atoms with Crippen molar-refractivity contribution < 1.29 is 4.74 Å².